The molecule has 3 nitrogen and oxygen atoms in total. The van der Waals surface area contributed by atoms with Crippen molar-refractivity contribution in [2.24, 2.45) is 5.84 Å². The van der Waals surface area contributed by atoms with Crippen molar-refractivity contribution in [1.82, 2.24) is 5.43 Å². The van der Waals surface area contributed by atoms with Gasteiger partial charge in [0.15, 0.2) is 0 Å². The molecule has 1 rings (SSSR count). The lowest BCUT2D eigenvalue weighted by molar-refractivity contribution is 0.188. The first kappa shape index (κ1) is 14.2. The summed E-state index contributed by atoms with van der Waals surface area (Å²) in [4.78, 5) is 0. The average molecular weight is 236 g/mol. The van der Waals surface area contributed by atoms with Gasteiger partial charge in [0, 0.05) is 19.8 Å². The van der Waals surface area contributed by atoms with E-state index < -0.39 is 0 Å². The molecule has 0 aromatic heterocycles. The van der Waals surface area contributed by atoms with Gasteiger partial charge < -0.3 is 4.74 Å². The number of benzene rings is 1. The molecule has 0 saturated carbocycles. The van der Waals surface area contributed by atoms with Crippen LogP contribution in [-0.2, 0) is 11.2 Å². The Morgan fingerprint density at radius 1 is 1.29 bits per heavy atom. The second-order valence-corrected chi connectivity index (χ2v) is 4.57. The Kier molecular flexibility index (Phi) is 6.19. The van der Waals surface area contributed by atoms with Crippen LogP contribution in [0.25, 0.3) is 0 Å². The van der Waals surface area contributed by atoms with Crippen LogP contribution in [0.2, 0.25) is 0 Å². The van der Waals surface area contributed by atoms with E-state index >= 15 is 0 Å². The van der Waals surface area contributed by atoms with Gasteiger partial charge in [-0.05, 0) is 49.8 Å². The number of methoxy groups -OCH3 is 1. The fourth-order valence-corrected chi connectivity index (χ4v) is 2.14. The zero-order chi connectivity index (χ0) is 12.7. The number of nitrogens with one attached hydrogen (secondary N) is 1. The maximum Gasteiger partial charge on any atom is 0.0462 e. The van der Waals surface area contributed by atoms with Crippen molar-refractivity contribution in [2.45, 2.75) is 39.2 Å². The molecule has 0 fully saturated rings. The summed E-state index contributed by atoms with van der Waals surface area (Å²) < 4.78 is 5.07. The highest BCUT2D eigenvalue weighted by molar-refractivity contribution is 5.34. The quantitative estimate of drug-likeness (QED) is 0.433. The molecule has 1 atom stereocenters. The minimum absolute atomic E-state index is 0.324. The van der Waals surface area contributed by atoms with Crippen LogP contribution in [0.4, 0.5) is 0 Å². The average Bonchev–Trinajstić information content (AvgIpc) is 2.32. The van der Waals surface area contributed by atoms with Crippen LogP contribution in [-0.4, -0.2) is 19.8 Å². The molecule has 1 aromatic carbocycles. The van der Waals surface area contributed by atoms with Crippen LogP contribution >= 0.6 is 0 Å². The fourth-order valence-electron chi connectivity index (χ4n) is 2.14. The highest BCUT2D eigenvalue weighted by Crippen LogP contribution is 2.16. The monoisotopic (exact) mass is 236 g/mol. The van der Waals surface area contributed by atoms with Gasteiger partial charge in [-0.2, -0.15) is 0 Å². The Morgan fingerprint density at radius 3 is 2.47 bits per heavy atom. The molecule has 0 aliphatic carbocycles. The fraction of sp³-hybridized carbons (Fsp3) is 0.571. The van der Waals surface area contributed by atoms with Gasteiger partial charge in [-0.25, -0.2) is 0 Å². The van der Waals surface area contributed by atoms with Gasteiger partial charge in [0.1, 0.15) is 0 Å². The van der Waals surface area contributed by atoms with E-state index in [4.69, 9.17) is 10.6 Å². The number of aryl methyl sites for hydroxylation is 2. The first-order valence-electron chi connectivity index (χ1n) is 6.19. The van der Waals surface area contributed by atoms with Crippen molar-refractivity contribution in [3.8, 4) is 0 Å². The topological polar surface area (TPSA) is 47.3 Å². The molecule has 0 amide bonds. The Labute approximate surface area is 104 Å². The van der Waals surface area contributed by atoms with E-state index in [1.54, 1.807) is 7.11 Å². The molecule has 17 heavy (non-hydrogen) atoms. The molecule has 0 radical (unpaired) electrons. The summed E-state index contributed by atoms with van der Waals surface area (Å²) in [6.07, 6.45) is 3.06. The van der Waals surface area contributed by atoms with Crippen LogP contribution in [0.3, 0.4) is 0 Å². The third-order valence-electron chi connectivity index (χ3n) is 3.23. The third-order valence-corrected chi connectivity index (χ3v) is 3.23. The second kappa shape index (κ2) is 7.43. The number of hydrogen-bond donors (Lipinski definition) is 2. The number of hydrazine groups is 1. The van der Waals surface area contributed by atoms with E-state index in [-0.39, 0.29) is 0 Å². The largest absolute Gasteiger partial charge is 0.385 e. The molecule has 0 bridgehead atoms. The first-order valence-corrected chi connectivity index (χ1v) is 6.19. The zero-order valence-electron chi connectivity index (χ0n) is 11.1. The van der Waals surface area contributed by atoms with Gasteiger partial charge >= 0.3 is 0 Å². The lowest BCUT2D eigenvalue weighted by Crippen LogP contribution is -2.37. The number of hydrogen-bond acceptors (Lipinski definition) is 3. The lowest BCUT2D eigenvalue weighted by Gasteiger charge is -2.18. The lowest BCUT2D eigenvalue weighted by atomic mass is 9.95. The molecule has 96 valence electrons. The van der Waals surface area contributed by atoms with E-state index in [9.17, 15) is 0 Å². The molecule has 3 N–H and O–H groups in total. The molecular formula is C14H24N2O. The maximum atomic E-state index is 5.61. The summed E-state index contributed by atoms with van der Waals surface area (Å²) in [6, 6.07) is 6.74. The van der Waals surface area contributed by atoms with Crippen LogP contribution in [0.15, 0.2) is 18.2 Å². The molecule has 0 aliphatic rings. The molecular weight excluding hydrogens is 212 g/mol. The van der Waals surface area contributed by atoms with Gasteiger partial charge in [0.05, 0.1) is 0 Å². The molecule has 1 unspecified atom stereocenters. The molecule has 1 aromatic rings. The number of ether oxygens (including phenoxy) is 1. The highest BCUT2D eigenvalue weighted by Gasteiger charge is 2.10. The summed E-state index contributed by atoms with van der Waals surface area (Å²) in [5.74, 6) is 5.61. The van der Waals surface area contributed by atoms with E-state index in [1.807, 2.05) is 0 Å². The summed E-state index contributed by atoms with van der Waals surface area (Å²) in [5.41, 5.74) is 7.01. The standard InChI is InChI=1S/C14H24N2O/c1-11-6-4-7-12(2)14(11)10-13(16-15)8-5-9-17-3/h4,6-7,13,16H,5,8-10,15H2,1-3H3. The first-order chi connectivity index (χ1) is 8.19. The van der Waals surface area contributed by atoms with Gasteiger partial charge in [-0.3, -0.25) is 11.3 Å². The minimum atomic E-state index is 0.324. The summed E-state index contributed by atoms with van der Waals surface area (Å²) in [5, 5.41) is 0. The zero-order valence-corrected chi connectivity index (χ0v) is 11.1. The molecule has 0 saturated heterocycles. The maximum absolute atomic E-state index is 5.61. The van der Waals surface area contributed by atoms with Crippen molar-refractivity contribution in [2.75, 3.05) is 13.7 Å². The van der Waals surface area contributed by atoms with Crippen LogP contribution < -0.4 is 11.3 Å². The Bertz CT molecular complexity index is 319. The van der Waals surface area contributed by atoms with E-state index in [0.29, 0.717) is 6.04 Å². The SMILES string of the molecule is COCCCC(Cc1c(C)cccc1C)NN. The van der Waals surface area contributed by atoms with Crippen molar-refractivity contribution in [1.29, 1.82) is 0 Å². The predicted molar refractivity (Wildman–Crippen MR) is 71.8 cm³/mol. The van der Waals surface area contributed by atoms with Crippen molar-refractivity contribution in [3.63, 3.8) is 0 Å². The van der Waals surface area contributed by atoms with Gasteiger partial charge in [0.2, 0.25) is 0 Å². The summed E-state index contributed by atoms with van der Waals surface area (Å²) in [7, 11) is 1.73. The van der Waals surface area contributed by atoms with Gasteiger partial charge in [-0.15, -0.1) is 0 Å². The van der Waals surface area contributed by atoms with E-state index in [0.717, 1.165) is 25.9 Å². The second-order valence-electron chi connectivity index (χ2n) is 4.57. The van der Waals surface area contributed by atoms with E-state index in [1.165, 1.54) is 16.7 Å². The highest BCUT2D eigenvalue weighted by atomic mass is 16.5. The van der Waals surface area contributed by atoms with Crippen LogP contribution in [0.1, 0.15) is 29.5 Å². The van der Waals surface area contributed by atoms with E-state index in [2.05, 4.69) is 37.5 Å². The summed E-state index contributed by atoms with van der Waals surface area (Å²) in [6.45, 7) is 5.11. The molecule has 0 heterocycles. The van der Waals surface area contributed by atoms with Gasteiger partial charge in [0.25, 0.3) is 0 Å². The summed E-state index contributed by atoms with van der Waals surface area (Å²) >= 11 is 0. The Balaban J connectivity index is 2.60. The van der Waals surface area contributed by atoms with Crippen molar-refractivity contribution < 1.29 is 4.74 Å². The third kappa shape index (κ3) is 4.46. The minimum Gasteiger partial charge on any atom is -0.385 e. The molecule has 0 aliphatic heterocycles. The Hall–Kier alpha value is -0.900. The molecule has 0 spiro atoms. The molecule has 3 heteroatoms. The van der Waals surface area contributed by atoms with Crippen LogP contribution in [0, 0.1) is 13.8 Å². The number of rotatable bonds is 7. The van der Waals surface area contributed by atoms with Crippen molar-refractivity contribution in [3.05, 3.63) is 34.9 Å². The Morgan fingerprint density at radius 2 is 1.94 bits per heavy atom. The predicted octanol–water partition coefficient (Wildman–Crippen LogP) is 2.10. The number of nitrogens with two attached hydrogens (primary N) is 1. The van der Waals surface area contributed by atoms with Gasteiger partial charge in [-0.1, -0.05) is 18.2 Å². The van der Waals surface area contributed by atoms with Crippen molar-refractivity contribution >= 4 is 0 Å². The smallest absolute Gasteiger partial charge is 0.0462 e. The normalized spacial score (nSPS) is 12.7. The van der Waals surface area contributed by atoms with Crippen LogP contribution in [0.5, 0.6) is 0 Å².